The van der Waals surface area contributed by atoms with Gasteiger partial charge in [-0.15, -0.1) is 0 Å². The predicted octanol–water partition coefficient (Wildman–Crippen LogP) is 7.78. The lowest BCUT2D eigenvalue weighted by Crippen LogP contribution is -2.39. The SMILES string of the molecule is Fc1cccc(-c2cnc(N[C@@H]3CCCC[C@H]3C[C@H]3CCCN(c4ccc(C(F)(F)F)cc4)C3)o2)c1. The van der Waals surface area contributed by atoms with Crippen molar-refractivity contribution in [3.63, 3.8) is 0 Å². The summed E-state index contributed by atoms with van der Waals surface area (Å²) in [5, 5.41) is 3.50. The van der Waals surface area contributed by atoms with Crippen molar-refractivity contribution in [3.8, 4) is 11.3 Å². The molecule has 3 atom stereocenters. The van der Waals surface area contributed by atoms with Crippen LogP contribution in [-0.4, -0.2) is 24.1 Å². The largest absolute Gasteiger partial charge is 0.424 e. The number of anilines is 2. The molecular formula is C28H31F4N3O. The first kappa shape index (κ1) is 24.7. The Morgan fingerprint density at radius 1 is 1.00 bits per heavy atom. The van der Waals surface area contributed by atoms with E-state index in [0.29, 0.717) is 29.2 Å². The fourth-order valence-electron chi connectivity index (χ4n) is 5.74. The minimum atomic E-state index is -4.31. The van der Waals surface area contributed by atoms with E-state index < -0.39 is 11.7 Å². The topological polar surface area (TPSA) is 41.3 Å². The van der Waals surface area contributed by atoms with Gasteiger partial charge >= 0.3 is 6.18 Å². The molecule has 2 aromatic carbocycles. The van der Waals surface area contributed by atoms with Crippen molar-refractivity contribution in [2.75, 3.05) is 23.3 Å². The molecule has 1 N–H and O–H groups in total. The van der Waals surface area contributed by atoms with Gasteiger partial charge in [-0.3, -0.25) is 0 Å². The first-order valence-corrected chi connectivity index (χ1v) is 12.8. The first-order chi connectivity index (χ1) is 17.3. The zero-order valence-corrected chi connectivity index (χ0v) is 20.1. The van der Waals surface area contributed by atoms with Gasteiger partial charge in [0.05, 0.1) is 11.8 Å². The molecule has 1 aliphatic carbocycles. The highest BCUT2D eigenvalue weighted by molar-refractivity contribution is 5.57. The Balaban J connectivity index is 1.21. The van der Waals surface area contributed by atoms with E-state index in [9.17, 15) is 17.6 Å². The highest BCUT2D eigenvalue weighted by Gasteiger charge is 2.32. The van der Waals surface area contributed by atoms with E-state index in [2.05, 4.69) is 15.2 Å². The number of hydrogen-bond donors (Lipinski definition) is 1. The average Bonchev–Trinajstić information content (AvgIpc) is 3.34. The number of benzene rings is 2. The predicted molar refractivity (Wildman–Crippen MR) is 132 cm³/mol. The lowest BCUT2D eigenvalue weighted by atomic mass is 9.77. The molecule has 5 rings (SSSR count). The molecule has 3 aromatic rings. The Kier molecular flexibility index (Phi) is 7.21. The Morgan fingerprint density at radius 3 is 2.58 bits per heavy atom. The number of piperidine rings is 1. The molecule has 36 heavy (non-hydrogen) atoms. The van der Waals surface area contributed by atoms with E-state index in [1.165, 1.54) is 30.7 Å². The molecule has 0 spiro atoms. The number of oxazole rings is 1. The van der Waals surface area contributed by atoms with Gasteiger partial charge in [-0.25, -0.2) is 9.37 Å². The molecule has 1 saturated heterocycles. The van der Waals surface area contributed by atoms with E-state index in [-0.39, 0.29) is 11.9 Å². The monoisotopic (exact) mass is 501 g/mol. The molecule has 2 heterocycles. The quantitative estimate of drug-likeness (QED) is 0.350. The standard InChI is InChI=1S/C28H31F4N3O/c29-23-8-3-7-21(16-23)26-17-33-27(36-26)34-25-9-2-1-6-20(25)15-19-5-4-14-35(18-19)24-12-10-22(11-13-24)28(30,31)32/h3,7-8,10-13,16-17,19-20,25H,1-2,4-6,9,14-15,18H2,(H,33,34)/t19-,20+,25-/m1/s1. The molecule has 0 unspecified atom stereocenters. The van der Waals surface area contributed by atoms with E-state index in [1.807, 2.05) is 0 Å². The summed E-state index contributed by atoms with van der Waals surface area (Å²) in [6.07, 6.45) is 5.04. The van der Waals surface area contributed by atoms with Gasteiger partial charge in [-0.05, 0) is 80.3 Å². The van der Waals surface area contributed by atoms with Gasteiger partial charge in [-0.2, -0.15) is 13.2 Å². The molecule has 0 amide bonds. The first-order valence-electron chi connectivity index (χ1n) is 12.8. The number of nitrogens with one attached hydrogen (secondary N) is 1. The molecule has 4 nitrogen and oxygen atoms in total. The van der Waals surface area contributed by atoms with Gasteiger partial charge in [0, 0.05) is 30.4 Å². The van der Waals surface area contributed by atoms with Crippen LogP contribution in [0.3, 0.4) is 0 Å². The summed E-state index contributed by atoms with van der Waals surface area (Å²) in [5.74, 6) is 1.18. The fraction of sp³-hybridized carbons (Fsp3) is 0.464. The Morgan fingerprint density at radius 2 is 1.81 bits per heavy atom. The second-order valence-electron chi connectivity index (χ2n) is 10.1. The smallest absolute Gasteiger partial charge is 0.416 e. The van der Waals surface area contributed by atoms with Crippen LogP contribution in [0.2, 0.25) is 0 Å². The highest BCUT2D eigenvalue weighted by Crippen LogP contribution is 2.36. The molecule has 2 aliphatic rings. The third-order valence-corrected chi connectivity index (χ3v) is 7.55. The number of rotatable bonds is 6. The van der Waals surface area contributed by atoms with Gasteiger partial charge in [0.25, 0.3) is 6.01 Å². The van der Waals surface area contributed by atoms with Crippen molar-refractivity contribution in [2.24, 2.45) is 11.8 Å². The summed E-state index contributed by atoms with van der Waals surface area (Å²) in [4.78, 5) is 6.61. The molecule has 2 fully saturated rings. The van der Waals surface area contributed by atoms with Crippen molar-refractivity contribution in [1.82, 2.24) is 4.98 Å². The van der Waals surface area contributed by atoms with Crippen molar-refractivity contribution >= 4 is 11.7 Å². The van der Waals surface area contributed by atoms with Crippen LogP contribution >= 0.6 is 0 Å². The van der Waals surface area contributed by atoms with Crippen molar-refractivity contribution < 1.29 is 22.0 Å². The minimum absolute atomic E-state index is 0.249. The van der Waals surface area contributed by atoms with Gasteiger partial charge in [0.2, 0.25) is 0 Å². The maximum atomic E-state index is 13.6. The molecule has 0 bridgehead atoms. The molecule has 192 valence electrons. The summed E-state index contributed by atoms with van der Waals surface area (Å²) in [5.41, 5.74) is 0.903. The Hall–Kier alpha value is -3.03. The summed E-state index contributed by atoms with van der Waals surface area (Å²) in [6.45, 7) is 1.73. The molecule has 1 aromatic heterocycles. The van der Waals surface area contributed by atoms with Gasteiger partial charge in [0.15, 0.2) is 5.76 Å². The van der Waals surface area contributed by atoms with Gasteiger partial charge < -0.3 is 14.6 Å². The van der Waals surface area contributed by atoms with Crippen LogP contribution in [0.5, 0.6) is 0 Å². The van der Waals surface area contributed by atoms with Crippen LogP contribution in [0.25, 0.3) is 11.3 Å². The van der Waals surface area contributed by atoms with Gasteiger partial charge in [-0.1, -0.05) is 25.0 Å². The third-order valence-electron chi connectivity index (χ3n) is 7.55. The van der Waals surface area contributed by atoms with Crippen molar-refractivity contribution in [3.05, 3.63) is 66.1 Å². The van der Waals surface area contributed by atoms with Crippen LogP contribution in [-0.2, 0) is 6.18 Å². The second-order valence-corrected chi connectivity index (χ2v) is 10.1. The van der Waals surface area contributed by atoms with Crippen LogP contribution < -0.4 is 10.2 Å². The summed E-state index contributed by atoms with van der Waals surface area (Å²) >= 11 is 0. The highest BCUT2D eigenvalue weighted by atomic mass is 19.4. The lowest BCUT2D eigenvalue weighted by molar-refractivity contribution is -0.137. The van der Waals surface area contributed by atoms with Crippen LogP contribution in [0.1, 0.15) is 50.5 Å². The second kappa shape index (κ2) is 10.5. The molecule has 0 radical (unpaired) electrons. The van der Waals surface area contributed by atoms with Crippen molar-refractivity contribution in [2.45, 2.75) is 57.2 Å². The summed E-state index contributed by atoms with van der Waals surface area (Å²) in [6, 6.07) is 12.5. The zero-order chi connectivity index (χ0) is 25.1. The molecule has 8 heteroatoms. The van der Waals surface area contributed by atoms with Crippen LogP contribution in [0, 0.1) is 17.7 Å². The third kappa shape index (κ3) is 5.85. The number of aromatic nitrogens is 1. The number of nitrogens with zero attached hydrogens (tertiary/aromatic N) is 2. The summed E-state index contributed by atoms with van der Waals surface area (Å²) < 4.78 is 58.3. The van der Waals surface area contributed by atoms with Crippen molar-refractivity contribution in [1.29, 1.82) is 0 Å². The fourth-order valence-corrected chi connectivity index (χ4v) is 5.74. The van der Waals surface area contributed by atoms with Crippen LogP contribution in [0.4, 0.5) is 29.3 Å². The maximum absolute atomic E-state index is 13.6. The summed E-state index contributed by atoms with van der Waals surface area (Å²) in [7, 11) is 0. The minimum Gasteiger partial charge on any atom is -0.424 e. The molecule has 1 aliphatic heterocycles. The molecular weight excluding hydrogens is 470 g/mol. The zero-order valence-electron chi connectivity index (χ0n) is 20.1. The van der Waals surface area contributed by atoms with Crippen LogP contribution in [0.15, 0.2) is 59.1 Å². The maximum Gasteiger partial charge on any atom is 0.416 e. The average molecular weight is 502 g/mol. The number of alkyl halides is 3. The lowest BCUT2D eigenvalue weighted by Gasteiger charge is -2.39. The Labute approximate surface area is 208 Å². The normalized spacial score (nSPS) is 23.0. The Bertz CT molecular complexity index is 1140. The molecule has 1 saturated carbocycles. The number of hydrogen-bond acceptors (Lipinski definition) is 4. The number of halogens is 4. The van der Waals surface area contributed by atoms with E-state index in [1.54, 1.807) is 30.5 Å². The van der Waals surface area contributed by atoms with E-state index in [4.69, 9.17) is 4.42 Å². The van der Waals surface area contributed by atoms with E-state index in [0.717, 1.165) is 57.3 Å². The van der Waals surface area contributed by atoms with Gasteiger partial charge in [0.1, 0.15) is 5.82 Å². The van der Waals surface area contributed by atoms with E-state index >= 15 is 0 Å².